The molecular weight excluding hydrogens is 240 g/mol. The summed E-state index contributed by atoms with van der Waals surface area (Å²) >= 11 is 0. The van der Waals surface area contributed by atoms with Crippen LogP contribution < -0.4 is 4.90 Å². The lowest BCUT2D eigenvalue weighted by Crippen LogP contribution is -2.57. The Morgan fingerprint density at radius 2 is 2.16 bits per heavy atom. The lowest BCUT2D eigenvalue weighted by atomic mass is 10.1. The maximum atomic E-state index is 12.5. The number of rotatable bonds is 2. The van der Waals surface area contributed by atoms with Crippen molar-refractivity contribution in [3.63, 3.8) is 0 Å². The summed E-state index contributed by atoms with van der Waals surface area (Å²) < 4.78 is 0. The molecular formula is C15H18N2O2. The highest BCUT2D eigenvalue weighted by Gasteiger charge is 2.42. The molecule has 0 saturated carbocycles. The first kappa shape index (κ1) is 12.2. The number of fused-ring (bicyclic) bond motifs is 1. The third-order valence-electron chi connectivity index (χ3n) is 4.05. The lowest BCUT2D eigenvalue weighted by molar-refractivity contribution is -0.140. The monoisotopic (exact) mass is 258 g/mol. The number of hydrogen-bond donors (Lipinski definition) is 0. The summed E-state index contributed by atoms with van der Waals surface area (Å²) in [6.07, 6.45) is 2.67. The second-order valence-corrected chi connectivity index (χ2v) is 5.19. The summed E-state index contributed by atoms with van der Waals surface area (Å²) in [5, 5.41) is 0. The molecule has 0 spiro atoms. The molecule has 2 amide bonds. The van der Waals surface area contributed by atoms with Crippen molar-refractivity contribution >= 4 is 17.5 Å². The van der Waals surface area contributed by atoms with E-state index in [4.69, 9.17) is 0 Å². The van der Waals surface area contributed by atoms with Gasteiger partial charge in [0.1, 0.15) is 12.6 Å². The predicted octanol–water partition coefficient (Wildman–Crippen LogP) is 1.59. The highest BCUT2D eigenvalue weighted by atomic mass is 16.2. The van der Waals surface area contributed by atoms with Gasteiger partial charge in [0.15, 0.2) is 0 Å². The quantitative estimate of drug-likeness (QED) is 0.808. The second kappa shape index (κ2) is 4.68. The molecule has 1 aromatic carbocycles. The molecule has 2 heterocycles. The Bertz CT molecular complexity index is 527. The molecule has 4 nitrogen and oxygen atoms in total. The van der Waals surface area contributed by atoms with Gasteiger partial charge in [0.2, 0.25) is 11.8 Å². The molecule has 0 aliphatic carbocycles. The Kier molecular flexibility index (Phi) is 3.01. The molecule has 0 N–H and O–H groups in total. The number of piperazine rings is 1. The number of benzene rings is 1. The maximum Gasteiger partial charge on any atom is 0.250 e. The Labute approximate surface area is 113 Å². The SMILES string of the molecule is CCc1cccc(N2CC(=O)N3CCCC3C2=O)c1. The maximum absolute atomic E-state index is 12.5. The van der Waals surface area contributed by atoms with E-state index in [1.54, 1.807) is 9.80 Å². The lowest BCUT2D eigenvalue weighted by Gasteiger charge is -2.36. The first-order valence-corrected chi connectivity index (χ1v) is 6.90. The third-order valence-corrected chi connectivity index (χ3v) is 4.05. The molecule has 19 heavy (non-hydrogen) atoms. The van der Waals surface area contributed by atoms with Crippen molar-refractivity contribution in [2.75, 3.05) is 18.0 Å². The number of hydrogen-bond acceptors (Lipinski definition) is 2. The summed E-state index contributed by atoms with van der Waals surface area (Å²) in [7, 11) is 0. The van der Waals surface area contributed by atoms with E-state index in [0.717, 1.165) is 31.5 Å². The van der Waals surface area contributed by atoms with E-state index in [-0.39, 0.29) is 24.4 Å². The van der Waals surface area contributed by atoms with Crippen molar-refractivity contribution in [1.82, 2.24) is 4.90 Å². The minimum absolute atomic E-state index is 0.0731. The fraction of sp³-hybridized carbons (Fsp3) is 0.467. The first-order valence-electron chi connectivity index (χ1n) is 6.90. The van der Waals surface area contributed by atoms with Crippen LogP contribution in [-0.2, 0) is 16.0 Å². The largest absolute Gasteiger partial charge is 0.329 e. The molecule has 100 valence electrons. The zero-order valence-electron chi connectivity index (χ0n) is 11.1. The molecule has 2 fully saturated rings. The molecule has 2 aliphatic heterocycles. The van der Waals surface area contributed by atoms with E-state index in [0.29, 0.717) is 0 Å². The van der Waals surface area contributed by atoms with Crippen LogP contribution in [0.2, 0.25) is 0 Å². The second-order valence-electron chi connectivity index (χ2n) is 5.19. The van der Waals surface area contributed by atoms with E-state index in [9.17, 15) is 9.59 Å². The van der Waals surface area contributed by atoms with Crippen molar-refractivity contribution in [2.24, 2.45) is 0 Å². The zero-order valence-corrected chi connectivity index (χ0v) is 11.1. The van der Waals surface area contributed by atoms with E-state index in [2.05, 4.69) is 6.92 Å². The summed E-state index contributed by atoms with van der Waals surface area (Å²) in [4.78, 5) is 28.0. The minimum atomic E-state index is -0.230. The van der Waals surface area contributed by atoms with Gasteiger partial charge in [-0.25, -0.2) is 0 Å². The van der Waals surface area contributed by atoms with Gasteiger partial charge in [0.05, 0.1) is 0 Å². The van der Waals surface area contributed by atoms with E-state index < -0.39 is 0 Å². The van der Waals surface area contributed by atoms with E-state index in [1.165, 1.54) is 5.56 Å². The fourth-order valence-electron chi connectivity index (χ4n) is 2.97. The number of nitrogens with zero attached hydrogens (tertiary/aromatic N) is 2. The number of aryl methyl sites for hydroxylation is 1. The van der Waals surface area contributed by atoms with Crippen molar-refractivity contribution in [1.29, 1.82) is 0 Å². The fourth-order valence-corrected chi connectivity index (χ4v) is 2.97. The van der Waals surface area contributed by atoms with Crippen LogP contribution in [0.25, 0.3) is 0 Å². The Morgan fingerprint density at radius 3 is 2.95 bits per heavy atom. The summed E-state index contributed by atoms with van der Waals surface area (Å²) in [5.41, 5.74) is 2.04. The topological polar surface area (TPSA) is 40.6 Å². The van der Waals surface area contributed by atoms with Crippen LogP contribution in [0.5, 0.6) is 0 Å². The van der Waals surface area contributed by atoms with Gasteiger partial charge < -0.3 is 9.80 Å². The smallest absolute Gasteiger partial charge is 0.250 e. The normalized spacial score (nSPS) is 22.9. The predicted molar refractivity (Wildman–Crippen MR) is 72.9 cm³/mol. The van der Waals surface area contributed by atoms with E-state index in [1.807, 2.05) is 24.3 Å². The molecule has 0 bridgehead atoms. The van der Waals surface area contributed by atoms with Crippen LogP contribution >= 0.6 is 0 Å². The number of carbonyl (C=O) groups is 2. The molecule has 1 atom stereocenters. The van der Waals surface area contributed by atoms with Crippen molar-refractivity contribution in [3.05, 3.63) is 29.8 Å². The molecule has 2 saturated heterocycles. The first-order chi connectivity index (χ1) is 9.20. The van der Waals surface area contributed by atoms with Crippen LogP contribution in [0, 0.1) is 0 Å². The van der Waals surface area contributed by atoms with E-state index >= 15 is 0 Å². The Morgan fingerprint density at radius 1 is 1.32 bits per heavy atom. The third kappa shape index (κ3) is 2.01. The van der Waals surface area contributed by atoms with Crippen LogP contribution in [-0.4, -0.2) is 35.8 Å². The standard InChI is InChI=1S/C15H18N2O2/c1-2-11-5-3-6-12(9-11)17-10-14(18)16-8-4-7-13(16)15(17)19/h3,5-6,9,13H,2,4,7-8,10H2,1H3. The van der Waals surface area contributed by atoms with Gasteiger partial charge in [-0.3, -0.25) is 9.59 Å². The summed E-state index contributed by atoms with van der Waals surface area (Å²) in [6, 6.07) is 7.69. The summed E-state index contributed by atoms with van der Waals surface area (Å²) in [5.74, 6) is 0.148. The molecule has 4 heteroatoms. The molecule has 0 radical (unpaired) electrons. The van der Waals surface area contributed by atoms with Gasteiger partial charge in [0, 0.05) is 12.2 Å². The zero-order chi connectivity index (χ0) is 13.4. The van der Waals surface area contributed by atoms with Crippen molar-refractivity contribution < 1.29 is 9.59 Å². The minimum Gasteiger partial charge on any atom is -0.329 e. The van der Waals surface area contributed by atoms with Gasteiger partial charge >= 0.3 is 0 Å². The Hall–Kier alpha value is -1.84. The number of carbonyl (C=O) groups excluding carboxylic acids is 2. The van der Waals surface area contributed by atoms with Gasteiger partial charge in [0.25, 0.3) is 0 Å². The molecule has 3 rings (SSSR count). The van der Waals surface area contributed by atoms with Gasteiger partial charge in [-0.1, -0.05) is 19.1 Å². The van der Waals surface area contributed by atoms with Crippen LogP contribution in [0.3, 0.4) is 0 Å². The van der Waals surface area contributed by atoms with Crippen molar-refractivity contribution in [3.8, 4) is 0 Å². The molecule has 2 aliphatic rings. The van der Waals surface area contributed by atoms with Gasteiger partial charge in [-0.15, -0.1) is 0 Å². The average molecular weight is 258 g/mol. The van der Waals surface area contributed by atoms with Crippen LogP contribution in [0.1, 0.15) is 25.3 Å². The summed E-state index contributed by atoms with van der Waals surface area (Å²) in [6.45, 7) is 3.00. The van der Waals surface area contributed by atoms with Crippen LogP contribution in [0.15, 0.2) is 24.3 Å². The highest BCUT2D eigenvalue weighted by Crippen LogP contribution is 2.27. The van der Waals surface area contributed by atoms with Gasteiger partial charge in [-0.2, -0.15) is 0 Å². The average Bonchev–Trinajstić information content (AvgIpc) is 2.93. The van der Waals surface area contributed by atoms with Crippen LogP contribution in [0.4, 0.5) is 5.69 Å². The molecule has 1 aromatic rings. The van der Waals surface area contributed by atoms with Crippen molar-refractivity contribution in [2.45, 2.75) is 32.2 Å². The Balaban J connectivity index is 1.91. The number of anilines is 1. The highest BCUT2D eigenvalue weighted by molar-refractivity contribution is 6.06. The number of amides is 2. The molecule has 0 aromatic heterocycles. The van der Waals surface area contributed by atoms with Gasteiger partial charge in [-0.05, 0) is 37.0 Å². The molecule has 1 unspecified atom stereocenters.